The Kier molecular flexibility index (Phi) is 5.46. The molecule has 0 radical (unpaired) electrons. The number of rotatable bonds is 5. The molecule has 2 rings (SSSR count). The zero-order valence-electron chi connectivity index (χ0n) is 14.3. The summed E-state index contributed by atoms with van der Waals surface area (Å²) >= 11 is 0. The van der Waals surface area contributed by atoms with E-state index in [1.807, 2.05) is 6.92 Å². The highest BCUT2D eigenvalue weighted by Gasteiger charge is 2.22. The summed E-state index contributed by atoms with van der Waals surface area (Å²) < 4.78 is 37.3. The lowest BCUT2D eigenvalue weighted by atomic mass is 10.0. The van der Waals surface area contributed by atoms with Gasteiger partial charge in [0.25, 0.3) is 5.91 Å². The average molecular weight is 351 g/mol. The smallest absolute Gasteiger partial charge is 0.258 e. The molecule has 0 unspecified atom stereocenters. The topological polar surface area (TPSA) is 67.8 Å². The second kappa shape index (κ2) is 7.38. The van der Waals surface area contributed by atoms with Gasteiger partial charge in [-0.05, 0) is 37.1 Å². The number of phenolic OH excluding ortho intramolecular Hbond substituents is 1. The van der Waals surface area contributed by atoms with Crippen LogP contribution in [0.25, 0.3) is 0 Å². The molecule has 0 bridgehead atoms. The molecule has 0 aliphatic heterocycles. The van der Waals surface area contributed by atoms with Gasteiger partial charge in [0.15, 0.2) is 11.5 Å². The van der Waals surface area contributed by atoms with Gasteiger partial charge in [-0.1, -0.05) is 0 Å². The molecule has 0 aliphatic rings. The fourth-order valence-corrected chi connectivity index (χ4v) is 2.59. The first-order chi connectivity index (χ1) is 11.8. The van der Waals surface area contributed by atoms with E-state index in [4.69, 9.17) is 9.47 Å². The molecule has 5 nitrogen and oxygen atoms in total. The zero-order valence-corrected chi connectivity index (χ0v) is 14.3. The predicted molar refractivity (Wildman–Crippen MR) is 88.2 cm³/mol. The summed E-state index contributed by atoms with van der Waals surface area (Å²) in [5.41, 5.74) is 0.952. The molecule has 0 aliphatic carbocycles. The van der Waals surface area contributed by atoms with E-state index in [1.165, 1.54) is 14.2 Å². The van der Waals surface area contributed by atoms with Gasteiger partial charge in [-0.2, -0.15) is 0 Å². The van der Waals surface area contributed by atoms with Gasteiger partial charge in [-0.15, -0.1) is 0 Å². The molecule has 25 heavy (non-hydrogen) atoms. The Labute approximate surface area is 144 Å². The van der Waals surface area contributed by atoms with Crippen LogP contribution in [0.3, 0.4) is 0 Å². The molecule has 0 fully saturated rings. The van der Waals surface area contributed by atoms with Crippen molar-refractivity contribution in [1.82, 2.24) is 5.32 Å². The number of phenols is 1. The standard InChI is InChI=1S/C18H19F2NO4/c1-9-5-15(24-3)16(25-4)8-12(9)10(2)21-18(23)17-13(20)6-11(19)7-14(17)22/h5-8,10,22H,1-4H3,(H,21,23)/t10-/m1/s1. The van der Waals surface area contributed by atoms with Crippen LogP contribution in [0, 0.1) is 18.6 Å². The van der Waals surface area contributed by atoms with E-state index in [2.05, 4.69) is 5.32 Å². The van der Waals surface area contributed by atoms with E-state index < -0.39 is 34.9 Å². The number of benzene rings is 2. The van der Waals surface area contributed by atoms with Crippen LogP contribution < -0.4 is 14.8 Å². The largest absolute Gasteiger partial charge is 0.507 e. The third-order valence-corrected chi connectivity index (χ3v) is 3.85. The number of halogens is 2. The van der Waals surface area contributed by atoms with Crippen molar-refractivity contribution >= 4 is 5.91 Å². The van der Waals surface area contributed by atoms with Crippen molar-refractivity contribution in [2.24, 2.45) is 0 Å². The number of aryl methyl sites for hydroxylation is 1. The maximum Gasteiger partial charge on any atom is 0.258 e. The Morgan fingerprint density at radius 1 is 1.12 bits per heavy atom. The van der Waals surface area contributed by atoms with Crippen molar-refractivity contribution in [3.8, 4) is 17.2 Å². The van der Waals surface area contributed by atoms with Crippen molar-refractivity contribution in [3.05, 3.63) is 52.6 Å². The van der Waals surface area contributed by atoms with Gasteiger partial charge in [0.05, 0.1) is 20.3 Å². The molecule has 0 aromatic heterocycles. The van der Waals surface area contributed by atoms with E-state index in [1.54, 1.807) is 19.1 Å². The lowest BCUT2D eigenvalue weighted by Crippen LogP contribution is -2.28. The first-order valence-electron chi connectivity index (χ1n) is 7.49. The molecule has 0 spiro atoms. The van der Waals surface area contributed by atoms with Crippen LogP contribution in [-0.4, -0.2) is 25.2 Å². The summed E-state index contributed by atoms with van der Waals surface area (Å²) in [6.07, 6.45) is 0. The fraction of sp³-hybridized carbons (Fsp3) is 0.278. The lowest BCUT2D eigenvalue weighted by molar-refractivity contribution is 0.0932. The normalized spacial score (nSPS) is 11.8. The van der Waals surface area contributed by atoms with E-state index in [-0.39, 0.29) is 0 Å². The minimum atomic E-state index is -1.13. The molecular formula is C18H19F2NO4. The minimum Gasteiger partial charge on any atom is -0.507 e. The lowest BCUT2D eigenvalue weighted by Gasteiger charge is -2.19. The van der Waals surface area contributed by atoms with Crippen LogP contribution >= 0.6 is 0 Å². The molecular weight excluding hydrogens is 332 g/mol. The van der Waals surface area contributed by atoms with Gasteiger partial charge >= 0.3 is 0 Å². The number of carbonyl (C=O) groups is 1. The summed E-state index contributed by atoms with van der Waals surface area (Å²) in [6.45, 7) is 3.53. The summed E-state index contributed by atoms with van der Waals surface area (Å²) in [4.78, 5) is 12.3. The van der Waals surface area contributed by atoms with Gasteiger partial charge in [-0.3, -0.25) is 4.79 Å². The molecule has 2 aromatic rings. The van der Waals surface area contributed by atoms with E-state index in [9.17, 15) is 18.7 Å². The molecule has 134 valence electrons. The number of hydrogen-bond acceptors (Lipinski definition) is 4. The second-order valence-electron chi connectivity index (χ2n) is 5.54. The monoisotopic (exact) mass is 351 g/mol. The van der Waals surface area contributed by atoms with Crippen molar-refractivity contribution < 1.29 is 28.2 Å². The highest BCUT2D eigenvalue weighted by Crippen LogP contribution is 2.33. The highest BCUT2D eigenvalue weighted by atomic mass is 19.1. The Bertz CT molecular complexity index is 785. The van der Waals surface area contributed by atoms with Crippen molar-refractivity contribution in [2.45, 2.75) is 19.9 Å². The third-order valence-electron chi connectivity index (χ3n) is 3.85. The average Bonchev–Trinajstić information content (AvgIpc) is 2.53. The number of ether oxygens (including phenoxy) is 2. The van der Waals surface area contributed by atoms with Crippen molar-refractivity contribution in [2.75, 3.05) is 14.2 Å². The summed E-state index contributed by atoms with van der Waals surface area (Å²) in [5.74, 6) is -2.67. The Morgan fingerprint density at radius 3 is 2.28 bits per heavy atom. The molecule has 0 saturated heterocycles. The van der Waals surface area contributed by atoms with Crippen LogP contribution in [0.2, 0.25) is 0 Å². The maximum absolute atomic E-state index is 13.8. The van der Waals surface area contributed by atoms with Gasteiger partial charge < -0.3 is 19.9 Å². The van der Waals surface area contributed by atoms with Crippen LogP contribution in [0.1, 0.15) is 34.5 Å². The third kappa shape index (κ3) is 3.81. The minimum absolute atomic E-state index is 0.486. The van der Waals surface area contributed by atoms with Crippen LogP contribution in [-0.2, 0) is 0 Å². The van der Waals surface area contributed by atoms with Crippen molar-refractivity contribution in [1.29, 1.82) is 0 Å². The molecule has 2 aromatic carbocycles. The molecule has 1 atom stereocenters. The molecule has 0 heterocycles. The van der Waals surface area contributed by atoms with Gasteiger partial charge in [0.1, 0.15) is 22.9 Å². The van der Waals surface area contributed by atoms with E-state index in [0.29, 0.717) is 23.6 Å². The number of aromatic hydroxyl groups is 1. The first kappa shape index (κ1) is 18.5. The quantitative estimate of drug-likeness (QED) is 0.865. The molecule has 1 amide bonds. The SMILES string of the molecule is COc1cc(C)c([C@@H](C)NC(=O)c2c(O)cc(F)cc2F)cc1OC. The molecule has 2 N–H and O–H groups in total. The maximum atomic E-state index is 13.8. The van der Waals surface area contributed by atoms with Gasteiger partial charge in [0.2, 0.25) is 0 Å². The van der Waals surface area contributed by atoms with E-state index >= 15 is 0 Å². The van der Waals surface area contributed by atoms with Gasteiger partial charge in [0, 0.05) is 12.1 Å². The summed E-state index contributed by atoms with van der Waals surface area (Å²) in [5, 5.41) is 12.2. The number of nitrogens with one attached hydrogen (secondary N) is 1. The van der Waals surface area contributed by atoms with Crippen LogP contribution in [0.5, 0.6) is 17.2 Å². The molecule has 7 heteroatoms. The molecule has 0 saturated carbocycles. The second-order valence-corrected chi connectivity index (χ2v) is 5.54. The Morgan fingerprint density at radius 2 is 1.72 bits per heavy atom. The highest BCUT2D eigenvalue weighted by molar-refractivity contribution is 5.97. The van der Waals surface area contributed by atoms with Crippen LogP contribution in [0.15, 0.2) is 24.3 Å². The van der Waals surface area contributed by atoms with Crippen LogP contribution in [0.4, 0.5) is 8.78 Å². The van der Waals surface area contributed by atoms with E-state index in [0.717, 1.165) is 11.1 Å². The summed E-state index contributed by atoms with van der Waals surface area (Å²) in [6, 6.07) is 4.18. The predicted octanol–water partition coefficient (Wildman–Crippen LogP) is 3.49. The summed E-state index contributed by atoms with van der Waals surface area (Å²) in [7, 11) is 3.01. The van der Waals surface area contributed by atoms with Gasteiger partial charge in [-0.25, -0.2) is 8.78 Å². The number of carbonyl (C=O) groups excluding carboxylic acids is 1. The first-order valence-corrected chi connectivity index (χ1v) is 7.49. The Balaban J connectivity index is 2.31. The fourth-order valence-electron chi connectivity index (χ4n) is 2.59. The number of methoxy groups -OCH3 is 2. The number of hydrogen-bond donors (Lipinski definition) is 2. The van der Waals surface area contributed by atoms with Crippen molar-refractivity contribution in [3.63, 3.8) is 0 Å². The number of amides is 1. The Hall–Kier alpha value is -2.83. The zero-order chi connectivity index (χ0) is 18.7.